The van der Waals surface area contributed by atoms with Crippen LogP contribution in [0.15, 0.2) is 21.6 Å². The Morgan fingerprint density at radius 1 is 1.38 bits per heavy atom. The average molecular weight is 246 g/mol. The predicted molar refractivity (Wildman–Crippen MR) is 61.6 cm³/mol. The van der Waals surface area contributed by atoms with Gasteiger partial charge in [0.1, 0.15) is 5.76 Å². The molecule has 0 aliphatic rings. The van der Waals surface area contributed by atoms with Gasteiger partial charge < -0.3 is 9.73 Å². The summed E-state index contributed by atoms with van der Waals surface area (Å²) in [4.78, 5) is 0. The van der Waals surface area contributed by atoms with Crippen LogP contribution in [-0.2, 0) is 16.6 Å². The van der Waals surface area contributed by atoms with E-state index in [1.807, 2.05) is 6.92 Å². The summed E-state index contributed by atoms with van der Waals surface area (Å²) < 4.78 is 30.3. The Morgan fingerprint density at radius 3 is 2.62 bits per heavy atom. The third kappa shape index (κ3) is 2.84. The number of sulfonamides is 1. The van der Waals surface area contributed by atoms with Crippen LogP contribution in [-0.4, -0.2) is 32.9 Å². The fraction of sp³-hybridized carbons (Fsp3) is 0.600. The largest absolute Gasteiger partial charge is 0.447 e. The Hall–Kier alpha value is -0.850. The van der Waals surface area contributed by atoms with Gasteiger partial charge in [0.15, 0.2) is 0 Å². The molecule has 0 saturated heterocycles. The van der Waals surface area contributed by atoms with Crippen molar-refractivity contribution < 1.29 is 12.8 Å². The minimum Gasteiger partial charge on any atom is -0.447 e. The molecule has 5 nitrogen and oxygen atoms in total. The summed E-state index contributed by atoms with van der Waals surface area (Å²) in [7, 11) is -1.92. The lowest BCUT2D eigenvalue weighted by Crippen LogP contribution is -2.26. The maximum atomic E-state index is 11.9. The highest BCUT2D eigenvalue weighted by Crippen LogP contribution is 2.17. The van der Waals surface area contributed by atoms with Crippen molar-refractivity contribution in [3.05, 3.63) is 17.9 Å². The van der Waals surface area contributed by atoms with E-state index in [1.165, 1.54) is 17.4 Å². The molecular formula is C10H18N2O3S. The minimum absolute atomic E-state index is 0.00440. The Kier molecular flexibility index (Phi) is 4.52. The first kappa shape index (κ1) is 13.2. The third-order valence-corrected chi connectivity index (χ3v) is 4.10. The molecule has 1 rings (SSSR count). The molecule has 0 atom stereocenters. The number of hydrogen-bond donors (Lipinski definition) is 1. The molecule has 16 heavy (non-hydrogen) atoms. The third-order valence-electron chi connectivity index (χ3n) is 2.30. The van der Waals surface area contributed by atoms with Gasteiger partial charge in [0.05, 0.1) is 6.54 Å². The molecule has 1 aromatic rings. The van der Waals surface area contributed by atoms with Gasteiger partial charge in [-0.05, 0) is 18.7 Å². The molecule has 0 unspecified atom stereocenters. The van der Waals surface area contributed by atoms with Crippen LogP contribution in [0.4, 0.5) is 0 Å². The van der Waals surface area contributed by atoms with E-state index in [0.717, 1.165) is 6.54 Å². The monoisotopic (exact) mass is 246 g/mol. The first-order chi connectivity index (χ1) is 7.52. The molecule has 0 aliphatic carbocycles. The van der Waals surface area contributed by atoms with Crippen LogP contribution >= 0.6 is 0 Å². The van der Waals surface area contributed by atoms with E-state index < -0.39 is 10.0 Å². The normalized spacial score (nSPS) is 12.2. The van der Waals surface area contributed by atoms with Crippen molar-refractivity contribution in [2.24, 2.45) is 0 Å². The molecule has 0 bridgehead atoms. The summed E-state index contributed by atoms with van der Waals surface area (Å²) in [5, 5.41) is 3.07. The minimum atomic E-state index is -3.45. The first-order valence-corrected chi connectivity index (χ1v) is 6.72. The molecular weight excluding hydrogens is 228 g/mol. The van der Waals surface area contributed by atoms with Crippen LogP contribution in [0, 0.1) is 0 Å². The van der Waals surface area contributed by atoms with E-state index in [4.69, 9.17) is 4.42 Å². The van der Waals surface area contributed by atoms with Crippen molar-refractivity contribution in [1.82, 2.24) is 9.62 Å². The van der Waals surface area contributed by atoms with E-state index in [-0.39, 0.29) is 5.09 Å². The van der Waals surface area contributed by atoms with Crippen molar-refractivity contribution in [3.8, 4) is 0 Å². The Morgan fingerprint density at radius 2 is 2.06 bits per heavy atom. The van der Waals surface area contributed by atoms with Gasteiger partial charge in [-0.15, -0.1) is 0 Å². The topological polar surface area (TPSA) is 62.6 Å². The summed E-state index contributed by atoms with van der Waals surface area (Å²) >= 11 is 0. The highest BCUT2D eigenvalue weighted by atomic mass is 32.2. The summed E-state index contributed by atoms with van der Waals surface area (Å²) in [5.41, 5.74) is 0. The average Bonchev–Trinajstić information content (AvgIpc) is 2.74. The number of nitrogens with one attached hydrogen (secondary N) is 1. The highest BCUT2D eigenvalue weighted by Gasteiger charge is 2.22. The Balaban J connectivity index is 2.85. The van der Waals surface area contributed by atoms with E-state index in [1.54, 1.807) is 13.0 Å². The number of furan rings is 1. The molecule has 6 heteroatoms. The van der Waals surface area contributed by atoms with Crippen LogP contribution in [0.3, 0.4) is 0 Å². The second kappa shape index (κ2) is 5.47. The van der Waals surface area contributed by atoms with Gasteiger partial charge in [-0.3, -0.25) is 0 Å². The second-order valence-electron chi connectivity index (χ2n) is 3.42. The fourth-order valence-corrected chi connectivity index (χ4v) is 2.26. The van der Waals surface area contributed by atoms with Crippen LogP contribution in [0.1, 0.15) is 19.6 Å². The number of rotatable bonds is 6. The van der Waals surface area contributed by atoms with Crippen LogP contribution in [0.2, 0.25) is 0 Å². The van der Waals surface area contributed by atoms with Crippen LogP contribution in [0.5, 0.6) is 0 Å². The summed E-state index contributed by atoms with van der Waals surface area (Å²) in [6.45, 7) is 5.54. The van der Waals surface area contributed by atoms with Crippen molar-refractivity contribution in [2.45, 2.75) is 25.5 Å². The predicted octanol–water partition coefficient (Wildman–Crippen LogP) is 1.03. The summed E-state index contributed by atoms with van der Waals surface area (Å²) in [6.07, 6.45) is 0. The maximum Gasteiger partial charge on any atom is 0.276 e. The molecule has 1 N–H and O–H groups in total. The fourth-order valence-electron chi connectivity index (χ4n) is 1.16. The zero-order chi connectivity index (χ0) is 12.2. The molecule has 0 saturated carbocycles. The van der Waals surface area contributed by atoms with Gasteiger partial charge in [-0.1, -0.05) is 13.8 Å². The van der Waals surface area contributed by atoms with Crippen molar-refractivity contribution in [1.29, 1.82) is 0 Å². The molecule has 1 aromatic heterocycles. The van der Waals surface area contributed by atoms with Gasteiger partial charge in [0.25, 0.3) is 10.0 Å². The quantitative estimate of drug-likeness (QED) is 0.814. The van der Waals surface area contributed by atoms with Gasteiger partial charge in [-0.25, -0.2) is 8.42 Å². The lowest BCUT2D eigenvalue weighted by molar-refractivity contribution is 0.384. The van der Waals surface area contributed by atoms with Crippen LogP contribution in [0.25, 0.3) is 0 Å². The number of hydrogen-bond acceptors (Lipinski definition) is 4. The summed E-state index contributed by atoms with van der Waals surface area (Å²) in [5.74, 6) is 0.630. The molecule has 92 valence electrons. The van der Waals surface area contributed by atoms with Crippen molar-refractivity contribution in [3.63, 3.8) is 0 Å². The van der Waals surface area contributed by atoms with Gasteiger partial charge in [-0.2, -0.15) is 4.31 Å². The summed E-state index contributed by atoms with van der Waals surface area (Å²) in [6, 6.07) is 3.17. The van der Waals surface area contributed by atoms with E-state index in [0.29, 0.717) is 18.8 Å². The Bertz CT molecular complexity index is 425. The van der Waals surface area contributed by atoms with Crippen molar-refractivity contribution >= 4 is 10.0 Å². The maximum absolute atomic E-state index is 11.9. The molecule has 1 heterocycles. The molecule has 0 radical (unpaired) electrons. The van der Waals surface area contributed by atoms with Crippen LogP contribution < -0.4 is 5.32 Å². The lowest BCUT2D eigenvalue weighted by Gasteiger charge is -2.11. The molecule has 0 amide bonds. The highest BCUT2D eigenvalue weighted by molar-refractivity contribution is 7.89. The standard InChI is InChI=1S/C10H18N2O3S/c1-4-11-8-9-6-7-10(15-9)16(13,14)12(3)5-2/h6-7,11H,4-5,8H2,1-3H3. The van der Waals surface area contributed by atoms with Gasteiger partial charge in [0.2, 0.25) is 5.09 Å². The molecule has 0 fully saturated rings. The number of nitrogens with zero attached hydrogens (tertiary/aromatic N) is 1. The first-order valence-electron chi connectivity index (χ1n) is 5.28. The Labute approximate surface area is 96.5 Å². The lowest BCUT2D eigenvalue weighted by atomic mass is 10.4. The molecule has 0 aliphatic heterocycles. The SMILES string of the molecule is CCNCc1ccc(S(=O)(=O)N(C)CC)o1. The van der Waals surface area contributed by atoms with E-state index >= 15 is 0 Å². The van der Waals surface area contributed by atoms with Gasteiger partial charge >= 0.3 is 0 Å². The van der Waals surface area contributed by atoms with Crippen molar-refractivity contribution in [2.75, 3.05) is 20.1 Å². The second-order valence-corrected chi connectivity index (χ2v) is 5.40. The van der Waals surface area contributed by atoms with E-state index in [9.17, 15) is 8.42 Å². The van der Waals surface area contributed by atoms with Gasteiger partial charge in [0, 0.05) is 13.6 Å². The molecule has 0 spiro atoms. The zero-order valence-corrected chi connectivity index (χ0v) is 10.7. The van der Waals surface area contributed by atoms with E-state index in [2.05, 4.69) is 5.32 Å². The smallest absolute Gasteiger partial charge is 0.276 e. The zero-order valence-electron chi connectivity index (χ0n) is 9.86. The molecule has 0 aromatic carbocycles.